The molecule has 0 aliphatic rings. The van der Waals surface area contributed by atoms with E-state index < -0.39 is 0 Å². The maximum Gasteiger partial charge on any atom is 0.233 e. The molecule has 0 saturated carbocycles. The Morgan fingerprint density at radius 3 is 2.15 bits per heavy atom. The van der Waals surface area contributed by atoms with Crippen molar-refractivity contribution in [1.82, 2.24) is 25.1 Å². The zero-order valence-electron chi connectivity index (χ0n) is 18.5. The zero-order valence-corrected chi connectivity index (χ0v) is 19.4. The van der Waals surface area contributed by atoms with Crippen LogP contribution < -0.4 is 4.74 Å². The SMILES string of the molecule is COc1ccc(Cn2nnnc2SCC(=O)N(C)C(c2ccccc2)c2ccccc2)cc1. The summed E-state index contributed by atoms with van der Waals surface area (Å²) in [5.41, 5.74) is 3.17. The Balaban J connectivity index is 1.45. The highest BCUT2D eigenvalue weighted by Crippen LogP contribution is 2.28. The summed E-state index contributed by atoms with van der Waals surface area (Å²) >= 11 is 1.34. The standard InChI is InChI=1S/C25H25N5O2S/c1-29(24(20-9-5-3-6-10-20)21-11-7-4-8-12-21)23(31)18-33-25-26-27-28-30(25)17-19-13-15-22(32-2)16-14-19/h3-16,24H,17-18H2,1-2H3. The summed E-state index contributed by atoms with van der Waals surface area (Å²) in [6.45, 7) is 0.514. The largest absolute Gasteiger partial charge is 0.497 e. The fraction of sp³-hybridized carbons (Fsp3) is 0.200. The molecule has 0 fully saturated rings. The molecule has 4 rings (SSSR count). The van der Waals surface area contributed by atoms with Crippen molar-refractivity contribution in [1.29, 1.82) is 0 Å². The molecule has 1 aromatic heterocycles. The van der Waals surface area contributed by atoms with E-state index in [9.17, 15) is 4.79 Å². The van der Waals surface area contributed by atoms with Crippen LogP contribution in [0.1, 0.15) is 22.7 Å². The quantitative estimate of drug-likeness (QED) is 0.351. The molecule has 0 spiro atoms. The van der Waals surface area contributed by atoms with Crippen molar-refractivity contribution >= 4 is 17.7 Å². The summed E-state index contributed by atoms with van der Waals surface area (Å²) in [6, 6.07) is 27.7. The second kappa shape index (κ2) is 10.8. The Bertz CT molecular complexity index is 1130. The Labute approximate surface area is 197 Å². The summed E-state index contributed by atoms with van der Waals surface area (Å²) in [4.78, 5) is 15.0. The van der Waals surface area contributed by atoms with Gasteiger partial charge in [-0.05, 0) is 39.2 Å². The number of amides is 1. The lowest BCUT2D eigenvalue weighted by Gasteiger charge is -2.29. The molecule has 0 bridgehead atoms. The number of aromatic nitrogens is 4. The van der Waals surface area contributed by atoms with Gasteiger partial charge in [-0.1, -0.05) is 84.6 Å². The van der Waals surface area contributed by atoms with Crippen molar-refractivity contribution in [3.8, 4) is 5.75 Å². The van der Waals surface area contributed by atoms with Gasteiger partial charge in [-0.3, -0.25) is 4.79 Å². The number of thioether (sulfide) groups is 1. The number of hydrogen-bond acceptors (Lipinski definition) is 6. The summed E-state index contributed by atoms with van der Waals surface area (Å²) < 4.78 is 6.91. The molecule has 0 radical (unpaired) electrons. The maximum absolute atomic E-state index is 13.2. The topological polar surface area (TPSA) is 73.1 Å². The second-order valence-electron chi connectivity index (χ2n) is 7.48. The van der Waals surface area contributed by atoms with Crippen LogP contribution in [0.5, 0.6) is 5.75 Å². The normalized spacial score (nSPS) is 10.9. The van der Waals surface area contributed by atoms with Crippen molar-refractivity contribution in [3.63, 3.8) is 0 Å². The van der Waals surface area contributed by atoms with Gasteiger partial charge in [0.05, 0.1) is 25.4 Å². The average molecular weight is 460 g/mol. The number of carbonyl (C=O) groups excluding carboxylic acids is 1. The Morgan fingerprint density at radius 2 is 1.58 bits per heavy atom. The lowest BCUT2D eigenvalue weighted by Crippen LogP contribution is -2.33. The molecule has 7 nitrogen and oxygen atoms in total. The average Bonchev–Trinajstić information content (AvgIpc) is 3.31. The molecule has 33 heavy (non-hydrogen) atoms. The monoisotopic (exact) mass is 459 g/mol. The van der Waals surface area contributed by atoms with Crippen LogP contribution in [-0.2, 0) is 11.3 Å². The molecule has 1 heterocycles. The number of methoxy groups -OCH3 is 1. The van der Waals surface area contributed by atoms with Crippen LogP contribution >= 0.6 is 11.8 Å². The van der Waals surface area contributed by atoms with Crippen molar-refractivity contribution in [2.45, 2.75) is 17.7 Å². The highest BCUT2D eigenvalue weighted by Gasteiger charge is 2.24. The van der Waals surface area contributed by atoms with E-state index in [0.29, 0.717) is 11.7 Å². The van der Waals surface area contributed by atoms with Gasteiger partial charge in [0.25, 0.3) is 0 Å². The van der Waals surface area contributed by atoms with E-state index in [1.54, 1.807) is 16.7 Å². The fourth-order valence-corrected chi connectivity index (χ4v) is 4.39. The van der Waals surface area contributed by atoms with E-state index in [1.165, 1.54) is 11.8 Å². The van der Waals surface area contributed by atoms with E-state index in [4.69, 9.17) is 4.74 Å². The van der Waals surface area contributed by atoms with Gasteiger partial charge in [0.15, 0.2) is 0 Å². The minimum Gasteiger partial charge on any atom is -0.497 e. The zero-order chi connectivity index (χ0) is 23.0. The van der Waals surface area contributed by atoms with E-state index in [1.807, 2.05) is 92.0 Å². The number of tetrazole rings is 1. The van der Waals surface area contributed by atoms with Gasteiger partial charge >= 0.3 is 0 Å². The van der Waals surface area contributed by atoms with Crippen LogP contribution in [0, 0.1) is 0 Å². The minimum atomic E-state index is -0.171. The molecule has 0 N–H and O–H groups in total. The van der Waals surface area contributed by atoms with Gasteiger partial charge in [-0.2, -0.15) is 0 Å². The number of benzene rings is 3. The third kappa shape index (κ3) is 5.59. The first-order valence-corrected chi connectivity index (χ1v) is 11.5. The van der Waals surface area contributed by atoms with E-state index >= 15 is 0 Å². The predicted octanol–water partition coefficient (Wildman–Crippen LogP) is 4.07. The number of nitrogens with zero attached hydrogens (tertiary/aromatic N) is 5. The van der Waals surface area contributed by atoms with Crippen molar-refractivity contribution in [2.75, 3.05) is 19.9 Å². The van der Waals surface area contributed by atoms with Crippen LogP contribution in [0.2, 0.25) is 0 Å². The lowest BCUT2D eigenvalue weighted by atomic mass is 9.97. The molecule has 0 aliphatic carbocycles. The van der Waals surface area contributed by atoms with E-state index in [-0.39, 0.29) is 17.7 Å². The Hall–Kier alpha value is -3.65. The van der Waals surface area contributed by atoms with Crippen molar-refractivity contribution in [3.05, 3.63) is 102 Å². The summed E-state index contributed by atoms with van der Waals surface area (Å²) in [6.07, 6.45) is 0. The lowest BCUT2D eigenvalue weighted by molar-refractivity contribution is -0.128. The second-order valence-corrected chi connectivity index (χ2v) is 8.43. The van der Waals surface area contributed by atoms with Gasteiger partial charge < -0.3 is 9.64 Å². The van der Waals surface area contributed by atoms with Crippen LogP contribution in [0.15, 0.2) is 90.1 Å². The van der Waals surface area contributed by atoms with Crippen LogP contribution in [-0.4, -0.2) is 50.9 Å². The Morgan fingerprint density at radius 1 is 0.970 bits per heavy atom. The van der Waals surface area contributed by atoms with Crippen LogP contribution in [0.3, 0.4) is 0 Å². The summed E-state index contributed by atoms with van der Waals surface area (Å²) in [7, 11) is 3.48. The van der Waals surface area contributed by atoms with Gasteiger partial charge in [0.1, 0.15) is 5.75 Å². The van der Waals surface area contributed by atoms with Gasteiger partial charge in [0, 0.05) is 7.05 Å². The molecule has 1 amide bonds. The molecular weight excluding hydrogens is 434 g/mol. The molecule has 0 atom stereocenters. The van der Waals surface area contributed by atoms with E-state index in [0.717, 1.165) is 22.4 Å². The maximum atomic E-state index is 13.2. The Kier molecular flexibility index (Phi) is 7.36. The predicted molar refractivity (Wildman–Crippen MR) is 128 cm³/mol. The first-order valence-electron chi connectivity index (χ1n) is 10.5. The number of ether oxygens (including phenoxy) is 1. The highest BCUT2D eigenvalue weighted by molar-refractivity contribution is 7.99. The van der Waals surface area contributed by atoms with Gasteiger partial charge in [-0.15, -0.1) is 5.10 Å². The molecule has 0 saturated heterocycles. The number of carbonyl (C=O) groups is 1. The third-order valence-corrected chi connectivity index (χ3v) is 6.27. The van der Waals surface area contributed by atoms with Crippen molar-refractivity contribution in [2.24, 2.45) is 0 Å². The first-order chi connectivity index (χ1) is 16.2. The molecule has 3 aromatic carbocycles. The van der Waals surface area contributed by atoms with Gasteiger partial charge in [0.2, 0.25) is 11.1 Å². The minimum absolute atomic E-state index is 0.00305. The molecule has 0 aliphatic heterocycles. The fourth-order valence-electron chi connectivity index (χ4n) is 3.59. The first kappa shape index (κ1) is 22.5. The van der Waals surface area contributed by atoms with Gasteiger partial charge in [-0.25, -0.2) is 4.68 Å². The van der Waals surface area contributed by atoms with Crippen LogP contribution in [0.25, 0.3) is 0 Å². The highest BCUT2D eigenvalue weighted by atomic mass is 32.2. The summed E-state index contributed by atoms with van der Waals surface area (Å²) in [5, 5.41) is 12.6. The third-order valence-electron chi connectivity index (χ3n) is 5.33. The number of rotatable bonds is 9. The molecule has 8 heteroatoms. The molecular formula is C25H25N5O2S. The summed E-state index contributed by atoms with van der Waals surface area (Å²) in [5.74, 6) is 1.03. The van der Waals surface area contributed by atoms with Crippen molar-refractivity contribution < 1.29 is 9.53 Å². The molecule has 0 unspecified atom stereocenters. The smallest absolute Gasteiger partial charge is 0.233 e. The molecule has 4 aromatic rings. The van der Waals surface area contributed by atoms with Crippen LogP contribution in [0.4, 0.5) is 0 Å². The molecule has 168 valence electrons. The van der Waals surface area contributed by atoms with E-state index in [2.05, 4.69) is 15.5 Å². The number of hydrogen-bond donors (Lipinski definition) is 0.